The number of carbonyl (C=O) groups is 1. The lowest BCUT2D eigenvalue weighted by atomic mass is 10.1. The summed E-state index contributed by atoms with van der Waals surface area (Å²) in [7, 11) is 1.35. The van der Waals surface area contributed by atoms with E-state index in [0.29, 0.717) is 12.8 Å². The molecule has 3 atom stereocenters. The van der Waals surface area contributed by atoms with Gasteiger partial charge in [0.05, 0.1) is 19.1 Å². The molecule has 1 aliphatic rings. The van der Waals surface area contributed by atoms with Gasteiger partial charge in [0, 0.05) is 6.04 Å². The fourth-order valence-corrected chi connectivity index (χ4v) is 1.55. The summed E-state index contributed by atoms with van der Waals surface area (Å²) >= 11 is 0. The number of rotatable bonds is 2. The molecule has 0 aromatic heterocycles. The van der Waals surface area contributed by atoms with E-state index in [-0.39, 0.29) is 17.9 Å². The minimum Gasteiger partial charge on any atom is -0.469 e. The number of aliphatic hydroxyl groups is 1. The van der Waals surface area contributed by atoms with E-state index in [1.165, 1.54) is 7.11 Å². The Balaban J connectivity index is 2.48. The molecule has 0 heterocycles. The van der Waals surface area contributed by atoms with Gasteiger partial charge < -0.3 is 9.84 Å². The standard InChI is InChI=1S/C7H14N2O3/c1-12-7(11)4-2-5(9-8)6(10)3-4/h4-6,9-10H,2-3,8H2,1H3. The van der Waals surface area contributed by atoms with E-state index in [4.69, 9.17) is 5.84 Å². The molecule has 70 valence electrons. The molecule has 3 unspecified atom stereocenters. The van der Waals surface area contributed by atoms with Gasteiger partial charge in [-0.3, -0.25) is 16.1 Å². The van der Waals surface area contributed by atoms with E-state index >= 15 is 0 Å². The second-order valence-electron chi connectivity index (χ2n) is 3.03. The minimum absolute atomic E-state index is 0.186. The largest absolute Gasteiger partial charge is 0.469 e. The molecule has 1 fully saturated rings. The van der Waals surface area contributed by atoms with Gasteiger partial charge in [-0.15, -0.1) is 0 Å². The Kier molecular flexibility index (Phi) is 3.02. The lowest BCUT2D eigenvalue weighted by molar-refractivity contribution is -0.145. The summed E-state index contributed by atoms with van der Waals surface area (Å²) in [6, 6.07) is -0.186. The van der Waals surface area contributed by atoms with Crippen molar-refractivity contribution in [2.45, 2.75) is 25.0 Å². The number of aliphatic hydroxyl groups excluding tert-OH is 1. The van der Waals surface area contributed by atoms with Crippen molar-refractivity contribution in [2.24, 2.45) is 11.8 Å². The van der Waals surface area contributed by atoms with Gasteiger partial charge >= 0.3 is 5.97 Å². The van der Waals surface area contributed by atoms with Gasteiger partial charge in [-0.2, -0.15) is 0 Å². The van der Waals surface area contributed by atoms with Crippen LogP contribution < -0.4 is 11.3 Å². The van der Waals surface area contributed by atoms with Gasteiger partial charge in [-0.1, -0.05) is 0 Å². The molecule has 5 nitrogen and oxygen atoms in total. The van der Waals surface area contributed by atoms with Crippen LogP contribution in [0.2, 0.25) is 0 Å². The highest BCUT2D eigenvalue weighted by Crippen LogP contribution is 2.26. The van der Waals surface area contributed by atoms with Crippen LogP contribution in [-0.2, 0) is 9.53 Å². The Bertz CT molecular complexity index is 174. The topological polar surface area (TPSA) is 84.6 Å². The lowest BCUT2D eigenvalue weighted by Gasteiger charge is -2.10. The van der Waals surface area contributed by atoms with Crippen LogP contribution in [0.15, 0.2) is 0 Å². The van der Waals surface area contributed by atoms with Crippen LogP contribution >= 0.6 is 0 Å². The maximum Gasteiger partial charge on any atom is 0.308 e. The number of nitrogens with one attached hydrogen (secondary N) is 1. The van der Waals surface area contributed by atoms with E-state index in [0.717, 1.165) is 0 Å². The highest BCUT2D eigenvalue weighted by atomic mass is 16.5. The van der Waals surface area contributed by atoms with E-state index < -0.39 is 6.10 Å². The van der Waals surface area contributed by atoms with Gasteiger partial charge in [-0.25, -0.2) is 0 Å². The second-order valence-corrected chi connectivity index (χ2v) is 3.03. The molecule has 0 spiro atoms. The van der Waals surface area contributed by atoms with Crippen LogP contribution in [0.4, 0.5) is 0 Å². The van der Waals surface area contributed by atoms with Crippen LogP contribution in [0.3, 0.4) is 0 Å². The van der Waals surface area contributed by atoms with Crippen LogP contribution in [0.5, 0.6) is 0 Å². The third kappa shape index (κ3) is 1.74. The first-order valence-electron chi connectivity index (χ1n) is 3.91. The fourth-order valence-electron chi connectivity index (χ4n) is 1.55. The van der Waals surface area contributed by atoms with Crippen molar-refractivity contribution in [3.8, 4) is 0 Å². The third-order valence-corrected chi connectivity index (χ3v) is 2.28. The molecule has 0 radical (unpaired) electrons. The summed E-state index contributed by atoms with van der Waals surface area (Å²) in [6.07, 6.45) is 0.436. The van der Waals surface area contributed by atoms with E-state index in [1.807, 2.05) is 0 Å². The summed E-state index contributed by atoms with van der Waals surface area (Å²) in [5.74, 6) is 4.68. The molecule has 1 saturated carbocycles. The van der Waals surface area contributed by atoms with Crippen molar-refractivity contribution < 1.29 is 14.6 Å². The molecule has 0 aliphatic heterocycles. The second kappa shape index (κ2) is 3.84. The van der Waals surface area contributed by atoms with Crippen molar-refractivity contribution in [3.05, 3.63) is 0 Å². The lowest BCUT2D eigenvalue weighted by Crippen LogP contribution is -2.40. The van der Waals surface area contributed by atoms with Crippen molar-refractivity contribution in [2.75, 3.05) is 7.11 Å². The minimum atomic E-state index is -0.543. The SMILES string of the molecule is COC(=O)C1CC(O)C(NN)C1. The number of carbonyl (C=O) groups excluding carboxylic acids is 1. The van der Waals surface area contributed by atoms with Crippen molar-refractivity contribution >= 4 is 5.97 Å². The van der Waals surface area contributed by atoms with Gasteiger partial charge in [0.2, 0.25) is 0 Å². The zero-order valence-electron chi connectivity index (χ0n) is 6.99. The zero-order valence-corrected chi connectivity index (χ0v) is 6.99. The van der Waals surface area contributed by atoms with Crippen molar-refractivity contribution in [3.63, 3.8) is 0 Å². The monoisotopic (exact) mass is 174 g/mol. The zero-order chi connectivity index (χ0) is 9.14. The van der Waals surface area contributed by atoms with Crippen LogP contribution in [0.1, 0.15) is 12.8 Å². The molecule has 0 aromatic rings. The molecule has 0 aromatic carbocycles. The first-order chi connectivity index (χ1) is 5.69. The van der Waals surface area contributed by atoms with E-state index in [2.05, 4.69) is 10.2 Å². The molecule has 1 aliphatic carbocycles. The molecule has 12 heavy (non-hydrogen) atoms. The first kappa shape index (κ1) is 9.44. The number of esters is 1. The number of hydrogen-bond acceptors (Lipinski definition) is 5. The number of ether oxygens (including phenoxy) is 1. The molecule has 0 bridgehead atoms. The highest BCUT2D eigenvalue weighted by Gasteiger charge is 2.36. The van der Waals surface area contributed by atoms with Gasteiger partial charge in [0.1, 0.15) is 0 Å². The van der Waals surface area contributed by atoms with E-state index in [1.54, 1.807) is 0 Å². The molecular formula is C7H14N2O3. The summed E-state index contributed by atoms with van der Waals surface area (Å²) in [5.41, 5.74) is 2.46. The summed E-state index contributed by atoms with van der Waals surface area (Å²) in [5, 5.41) is 9.35. The fraction of sp³-hybridized carbons (Fsp3) is 0.857. The Morgan fingerprint density at radius 1 is 1.67 bits per heavy atom. The predicted molar refractivity (Wildman–Crippen MR) is 41.9 cm³/mol. The Morgan fingerprint density at radius 3 is 2.75 bits per heavy atom. The number of hydrazine groups is 1. The summed E-state index contributed by atoms with van der Waals surface area (Å²) in [6.45, 7) is 0. The predicted octanol–water partition coefficient (Wildman–Crippen LogP) is -1.24. The summed E-state index contributed by atoms with van der Waals surface area (Å²) < 4.78 is 4.56. The Morgan fingerprint density at radius 2 is 2.33 bits per heavy atom. The van der Waals surface area contributed by atoms with Gasteiger partial charge in [0.25, 0.3) is 0 Å². The molecule has 0 saturated heterocycles. The number of nitrogens with two attached hydrogens (primary N) is 1. The number of methoxy groups -OCH3 is 1. The van der Waals surface area contributed by atoms with Crippen LogP contribution in [0, 0.1) is 5.92 Å². The maximum absolute atomic E-state index is 11.0. The molecule has 1 rings (SSSR count). The summed E-state index contributed by atoms with van der Waals surface area (Å²) in [4.78, 5) is 11.0. The normalized spacial score (nSPS) is 35.1. The molecule has 0 amide bonds. The van der Waals surface area contributed by atoms with Crippen molar-refractivity contribution in [1.82, 2.24) is 5.43 Å². The quantitative estimate of drug-likeness (QED) is 0.277. The highest BCUT2D eigenvalue weighted by molar-refractivity contribution is 5.72. The average molecular weight is 174 g/mol. The molecular weight excluding hydrogens is 160 g/mol. The number of hydrogen-bond donors (Lipinski definition) is 3. The van der Waals surface area contributed by atoms with Crippen molar-refractivity contribution in [1.29, 1.82) is 0 Å². The first-order valence-corrected chi connectivity index (χ1v) is 3.91. The van der Waals surface area contributed by atoms with Crippen LogP contribution in [0.25, 0.3) is 0 Å². The van der Waals surface area contributed by atoms with Gasteiger partial charge in [-0.05, 0) is 12.8 Å². The maximum atomic E-state index is 11.0. The average Bonchev–Trinajstić information content (AvgIpc) is 2.45. The van der Waals surface area contributed by atoms with E-state index in [9.17, 15) is 9.90 Å². The van der Waals surface area contributed by atoms with Crippen LogP contribution in [-0.4, -0.2) is 30.3 Å². The Labute approximate surface area is 70.9 Å². The molecule has 5 heteroatoms. The van der Waals surface area contributed by atoms with Gasteiger partial charge in [0.15, 0.2) is 0 Å². The smallest absolute Gasteiger partial charge is 0.308 e. The Hall–Kier alpha value is -0.650. The third-order valence-electron chi connectivity index (χ3n) is 2.28. The molecule has 4 N–H and O–H groups in total.